The number of hydrogen-bond donors (Lipinski definition) is 1. The maximum Gasteiger partial charge on any atom is 0.227 e. The summed E-state index contributed by atoms with van der Waals surface area (Å²) in [6.07, 6.45) is 0. The van der Waals surface area contributed by atoms with Gasteiger partial charge in [0.1, 0.15) is 11.3 Å². The maximum atomic E-state index is 13.4. The molecule has 0 saturated carbocycles. The van der Waals surface area contributed by atoms with E-state index in [0.29, 0.717) is 21.1 Å². The van der Waals surface area contributed by atoms with Gasteiger partial charge in [-0.2, -0.15) is 0 Å². The number of anilines is 1. The molecule has 1 aromatic heterocycles. The number of halogens is 4. The van der Waals surface area contributed by atoms with E-state index in [-0.39, 0.29) is 22.2 Å². The lowest BCUT2D eigenvalue weighted by Gasteiger charge is -2.03. The molecule has 2 aromatic carbocycles. The minimum Gasteiger partial charge on any atom is -0.436 e. The molecule has 0 atom stereocenters. The topological polar surface area (TPSA) is 52.0 Å². The first-order chi connectivity index (χ1) is 9.45. The summed E-state index contributed by atoms with van der Waals surface area (Å²) in [5, 5.41) is 0.559. The minimum absolute atomic E-state index is 0.0225. The van der Waals surface area contributed by atoms with E-state index >= 15 is 0 Å². The Bertz CT molecular complexity index is 770. The summed E-state index contributed by atoms with van der Waals surface area (Å²) in [5.74, 6) is -0.319. The van der Waals surface area contributed by atoms with Gasteiger partial charge in [-0.1, -0.05) is 34.8 Å². The lowest BCUT2D eigenvalue weighted by Crippen LogP contribution is -1.89. The molecule has 2 N–H and O–H groups in total. The average Bonchev–Trinajstić information content (AvgIpc) is 2.79. The fourth-order valence-corrected chi connectivity index (χ4v) is 2.40. The van der Waals surface area contributed by atoms with Crippen molar-refractivity contribution in [2.24, 2.45) is 0 Å². The monoisotopic (exact) mass is 330 g/mol. The second-order valence-corrected chi connectivity index (χ2v) is 5.33. The van der Waals surface area contributed by atoms with Crippen LogP contribution in [0.15, 0.2) is 28.7 Å². The molecule has 0 amide bonds. The smallest absolute Gasteiger partial charge is 0.227 e. The Balaban J connectivity index is 2.20. The van der Waals surface area contributed by atoms with Gasteiger partial charge in [-0.15, -0.1) is 0 Å². The molecule has 7 heteroatoms. The van der Waals surface area contributed by atoms with E-state index < -0.39 is 5.82 Å². The molecule has 1 heterocycles. The molecule has 0 spiro atoms. The third-order valence-corrected chi connectivity index (χ3v) is 3.67. The van der Waals surface area contributed by atoms with Crippen LogP contribution in [0.4, 0.5) is 10.1 Å². The molecule has 3 nitrogen and oxygen atoms in total. The van der Waals surface area contributed by atoms with E-state index in [4.69, 9.17) is 45.0 Å². The van der Waals surface area contributed by atoms with Crippen LogP contribution < -0.4 is 5.73 Å². The van der Waals surface area contributed by atoms with Gasteiger partial charge in [-0.3, -0.25) is 0 Å². The van der Waals surface area contributed by atoms with Gasteiger partial charge < -0.3 is 10.2 Å². The van der Waals surface area contributed by atoms with Crippen molar-refractivity contribution in [2.75, 3.05) is 5.73 Å². The molecule has 0 fully saturated rings. The van der Waals surface area contributed by atoms with Gasteiger partial charge in [0.25, 0.3) is 0 Å². The zero-order chi connectivity index (χ0) is 14.4. The highest BCUT2D eigenvalue weighted by atomic mass is 35.5. The van der Waals surface area contributed by atoms with Crippen molar-refractivity contribution in [3.8, 4) is 11.5 Å². The van der Waals surface area contributed by atoms with Crippen LogP contribution in [-0.2, 0) is 0 Å². The predicted octanol–water partition coefficient (Wildman–Crippen LogP) is 5.18. The van der Waals surface area contributed by atoms with Crippen molar-refractivity contribution in [3.05, 3.63) is 45.2 Å². The first-order valence-corrected chi connectivity index (χ1v) is 6.59. The van der Waals surface area contributed by atoms with E-state index in [1.807, 2.05) is 0 Å². The van der Waals surface area contributed by atoms with Gasteiger partial charge in [0, 0.05) is 11.6 Å². The maximum absolute atomic E-state index is 13.4. The molecule has 102 valence electrons. The van der Waals surface area contributed by atoms with Crippen LogP contribution in [0.25, 0.3) is 22.6 Å². The van der Waals surface area contributed by atoms with Gasteiger partial charge >= 0.3 is 0 Å². The Hall–Kier alpha value is -1.49. The molecular formula is C13H6Cl3FN2O. The summed E-state index contributed by atoms with van der Waals surface area (Å²) in [4.78, 5) is 4.22. The standard InChI is InChI=1S/C13H6Cl3FN2O/c14-6-3-10-11(4-9(6)17)20-13(19-10)5-1-7(15)12(18)8(16)2-5/h1-4H,18H2. The summed E-state index contributed by atoms with van der Waals surface area (Å²) in [5.41, 5.74) is 7.21. The molecule has 0 saturated heterocycles. The molecule has 0 unspecified atom stereocenters. The van der Waals surface area contributed by atoms with Crippen LogP contribution in [-0.4, -0.2) is 4.98 Å². The second-order valence-electron chi connectivity index (χ2n) is 4.11. The highest BCUT2D eigenvalue weighted by Crippen LogP contribution is 2.35. The Kier molecular flexibility index (Phi) is 3.24. The summed E-state index contributed by atoms with van der Waals surface area (Å²) >= 11 is 17.6. The summed E-state index contributed by atoms with van der Waals surface area (Å²) in [7, 11) is 0. The Morgan fingerprint density at radius 1 is 1.00 bits per heavy atom. The van der Waals surface area contributed by atoms with Gasteiger partial charge in [0.15, 0.2) is 5.58 Å². The quantitative estimate of drug-likeness (QED) is 0.625. The molecule has 0 bridgehead atoms. The van der Waals surface area contributed by atoms with Crippen molar-refractivity contribution >= 4 is 51.6 Å². The lowest BCUT2D eigenvalue weighted by molar-refractivity contribution is 0.602. The molecule has 0 aliphatic heterocycles. The van der Waals surface area contributed by atoms with Crippen molar-refractivity contribution in [3.63, 3.8) is 0 Å². The highest BCUT2D eigenvalue weighted by Gasteiger charge is 2.14. The number of fused-ring (bicyclic) bond motifs is 1. The van der Waals surface area contributed by atoms with Gasteiger partial charge in [-0.25, -0.2) is 9.37 Å². The average molecular weight is 332 g/mol. The van der Waals surface area contributed by atoms with Crippen LogP contribution >= 0.6 is 34.8 Å². The van der Waals surface area contributed by atoms with Crippen molar-refractivity contribution in [2.45, 2.75) is 0 Å². The van der Waals surface area contributed by atoms with E-state index in [9.17, 15) is 4.39 Å². The Morgan fingerprint density at radius 3 is 2.30 bits per heavy atom. The summed E-state index contributed by atoms with van der Waals surface area (Å²) in [6, 6.07) is 5.71. The Morgan fingerprint density at radius 2 is 1.65 bits per heavy atom. The van der Waals surface area contributed by atoms with Crippen LogP contribution in [0.5, 0.6) is 0 Å². The second kappa shape index (κ2) is 4.81. The number of nitrogens with two attached hydrogens (primary N) is 1. The van der Waals surface area contributed by atoms with Gasteiger partial charge in [0.05, 0.1) is 20.8 Å². The van der Waals surface area contributed by atoms with Crippen LogP contribution in [0, 0.1) is 5.82 Å². The first kappa shape index (κ1) is 13.5. The first-order valence-electron chi connectivity index (χ1n) is 5.46. The fourth-order valence-electron chi connectivity index (χ4n) is 1.75. The third-order valence-electron chi connectivity index (χ3n) is 2.76. The molecule has 20 heavy (non-hydrogen) atoms. The van der Waals surface area contributed by atoms with Gasteiger partial charge in [-0.05, 0) is 18.2 Å². The van der Waals surface area contributed by atoms with E-state index in [1.54, 1.807) is 12.1 Å². The third kappa shape index (κ3) is 2.20. The normalized spacial score (nSPS) is 11.2. The number of oxazole rings is 1. The molecule has 0 radical (unpaired) electrons. The van der Waals surface area contributed by atoms with E-state index in [0.717, 1.165) is 0 Å². The largest absolute Gasteiger partial charge is 0.436 e. The van der Waals surface area contributed by atoms with E-state index in [2.05, 4.69) is 4.98 Å². The number of nitrogen functional groups attached to an aromatic ring is 1. The zero-order valence-electron chi connectivity index (χ0n) is 9.75. The lowest BCUT2D eigenvalue weighted by atomic mass is 10.2. The fraction of sp³-hybridized carbons (Fsp3) is 0. The Labute approximate surface area is 128 Å². The predicted molar refractivity (Wildman–Crippen MR) is 78.8 cm³/mol. The zero-order valence-corrected chi connectivity index (χ0v) is 12.0. The van der Waals surface area contributed by atoms with Crippen molar-refractivity contribution < 1.29 is 8.81 Å². The number of hydrogen-bond acceptors (Lipinski definition) is 3. The van der Waals surface area contributed by atoms with Crippen molar-refractivity contribution in [1.82, 2.24) is 4.98 Å². The van der Waals surface area contributed by atoms with Crippen LogP contribution in [0.1, 0.15) is 0 Å². The molecule has 0 aliphatic rings. The van der Waals surface area contributed by atoms with E-state index in [1.165, 1.54) is 12.1 Å². The SMILES string of the molecule is Nc1c(Cl)cc(-c2nc3cc(Cl)c(F)cc3o2)cc1Cl. The molecule has 3 rings (SSSR count). The van der Waals surface area contributed by atoms with Crippen LogP contribution in [0.3, 0.4) is 0 Å². The summed E-state index contributed by atoms with van der Waals surface area (Å²) in [6.45, 7) is 0. The van der Waals surface area contributed by atoms with Crippen LogP contribution in [0.2, 0.25) is 15.1 Å². The number of rotatable bonds is 1. The van der Waals surface area contributed by atoms with Gasteiger partial charge in [0.2, 0.25) is 5.89 Å². The number of nitrogens with zero attached hydrogens (tertiary/aromatic N) is 1. The number of aromatic nitrogens is 1. The van der Waals surface area contributed by atoms with Crippen molar-refractivity contribution in [1.29, 1.82) is 0 Å². The number of benzene rings is 2. The summed E-state index contributed by atoms with van der Waals surface area (Å²) < 4.78 is 18.8. The molecule has 3 aromatic rings. The molecular weight excluding hydrogens is 326 g/mol. The minimum atomic E-state index is -0.574. The highest BCUT2D eigenvalue weighted by molar-refractivity contribution is 6.39. The molecule has 0 aliphatic carbocycles.